The van der Waals surface area contributed by atoms with E-state index in [1.165, 1.54) is 13.2 Å². The first kappa shape index (κ1) is 13.1. The van der Waals surface area contributed by atoms with Crippen molar-refractivity contribution in [3.63, 3.8) is 0 Å². The summed E-state index contributed by atoms with van der Waals surface area (Å²) in [6.07, 6.45) is 0. The largest absolute Gasteiger partial charge is 0.496 e. The van der Waals surface area contributed by atoms with Crippen molar-refractivity contribution >= 4 is 5.97 Å². The highest BCUT2D eigenvalue weighted by molar-refractivity contribution is 5.90. The monoisotopic (exact) mass is 260 g/mol. The van der Waals surface area contributed by atoms with Gasteiger partial charge >= 0.3 is 5.97 Å². The summed E-state index contributed by atoms with van der Waals surface area (Å²) >= 11 is 0. The van der Waals surface area contributed by atoms with Crippen LogP contribution in [0.25, 0.3) is 11.1 Å². The number of methoxy groups -OCH3 is 1. The highest BCUT2D eigenvalue weighted by atomic mass is 19.1. The molecule has 2 aromatic rings. The molecule has 0 atom stereocenters. The summed E-state index contributed by atoms with van der Waals surface area (Å²) in [6.45, 7) is 1.92. The highest BCUT2D eigenvalue weighted by Gasteiger charge is 2.13. The normalized spacial score (nSPS) is 10.3. The van der Waals surface area contributed by atoms with Crippen molar-refractivity contribution in [1.29, 1.82) is 0 Å². The van der Waals surface area contributed by atoms with Gasteiger partial charge in [0.2, 0.25) is 0 Å². The minimum absolute atomic E-state index is 0.346. The number of carboxylic acids is 1. The number of carboxylic acid groups (broad SMARTS) is 1. The maximum Gasteiger partial charge on any atom is 0.338 e. The molecule has 0 aliphatic rings. The Morgan fingerprint density at radius 3 is 2.58 bits per heavy atom. The first-order valence-electron chi connectivity index (χ1n) is 5.71. The van der Waals surface area contributed by atoms with Gasteiger partial charge in [0.05, 0.1) is 12.7 Å². The van der Waals surface area contributed by atoms with Gasteiger partial charge < -0.3 is 9.84 Å². The topological polar surface area (TPSA) is 46.5 Å². The number of hydrogen-bond donors (Lipinski definition) is 1. The molecular weight excluding hydrogens is 247 g/mol. The molecule has 3 nitrogen and oxygen atoms in total. The Kier molecular flexibility index (Phi) is 3.51. The second-order valence-electron chi connectivity index (χ2n) is 4.20. The van der Waals surface area contributed by atoms with Crippen molar-refractivity contribution in [2.24, 2.45) is 0 Å². The lowest BCUT2D eigenvalue weighted by atomic mass is 10.00. The molecule has 0 aromatic heterocycles. The van der Waals surface area contributed by atoms with Gasteiger partial charge in [0.1, 0.15) is 11.6 Å². The lowest BCUT2D eigenvalue weighted by molar-refractivity contribution is 0.0692. The van der Waals surface area contributed by atoms with Gasteiger partial charge in [0.25, 0.3) is 0 Å². The molecule has 0 spiro atoms. The molecular formula is C15H13FO3. The molecule has 19 heavy (non-hydrogen) atoms. The fourth-order valence-corrected chi connectivity index (χ4v) is 1.90. The first-order valence-corrected chi connectivity index (χ1v) is 5.71. The first-order chi connectivity index (χ1) is 9.02. The Balaban J connectivity index is 2.62. The van der Waals surface area contributed by atoms with Gasteiger partial charge in [-0.3, -0.25) is 0 Å². The summed E-state index contributed by atoms with van der Waals surface area (Å²) in [7, 11) is 1.54. The number of aryl methyl sites for hydroxylation is 1. The van der Waals surface area contributed by atoms with Crippen molar-refractivity contribution in [3.05, 3.63) is 53.3 Å². The van der Waals surface area contributed by atoms with Crippen molar-refractivity contribution in [3.8, 4) is 16.9 Å². The van der Waals surface area contributed by atoms with Gasteiger partial charge in [-0.05, 0) is 36.8 Å². The third kappa shape index (κ3) is 2.57. The molecule has 0 saturated heterocycles. The van der Waals surface area contributed by atoms with Crippen LogP contribution < -0.4 is 4.74 Å². The Morgan fingerprint density at radius 2 is 1.95 bits per heavy atom. The van der Waals surface area contributed by atoms with E-state index >= 15 is 0 Å². The smallest absolute Gasteiger partial charge is 0.338 e. The predicted molar refractivity (Wildman–Crippen MR) is 70.1 cm³/mol. The minimum Gasteiger partial charge on any atom is -0.496 e. The van der Waals surface area contributed by atoms with E-state index in [1.54, 1.807) is 12.1 Å². The van der Waals surface area contributed by atoms with E-state index in [2.05, 4.69) is 0 Å². The number of aromatic carboxylic acids is 1. The van der Waals surface area contributed by atoms with Gasteiger partial charge in [-0.2, -0.15) is 0 Å². The van der Waals surface area contributed by atoms with Crippen LogP contribution in [0.15, 0.2) is 36.4 Å². The Bertz CT molecular complexity index is 635. The molecule has 1 N–H and O–H groups in total. The summed E-state index contributed by atoms with van der Waals surface area (Å²) < 4.78 is 18.6. The van der Waals surface area contributed by atoms with E-state index in [4.69, 9.17) is 9.84 Å². The number of rotatable bonds is 3. The fourth-order valence-electron chi connectivity index (χ4n) is 1.90. The highest BCUT2D eigenvalue weighted by Crippen LogP contribution is 2.31. The van der Waals surface area contributed by atoms with Gasteiger partial charge in [-0.1, -0.05) is 17.7 Å². The summed E-state index contributed by atoms with van der Waals surface area (Å²) in [6, 6.07) is 9.57. The van der Waals surface area contributed by atoms with Crippen LogP contribution in [-0.4, -0.2) is 18.2 Å². The summed E-state index contributed by atoms with van der Waals surface area (Å²) in [5.41, 5.74) is 2.02. The van der Waals surface area contributed by atoms with Gasteiger partial charge in [0, 0.05) is 5.56 Å². The predicted octanol–water partition coefficient (Wildman–Crippen LogP) is 3.51. The molecule has 98 valence electrons. The third-order valence-electron chi connectivity index (χ3n) is 2.86. The molecule has 0 saturated carbocycles. The quantitative estimate of drug-likeness (QED) is 0.918. The number of ether oxygens (including phenoxy) is 1. The number of hydrogen-bond acceptors (Lipinski definition) is 2. The van der Waals surface area contributed by atoms with Crippen LogP contribution in [0.3, 0.4) is 0 Å². The van der Waals surface area contributed by atoms with Crippen molar-refractivity contribution in [2.75, 3.05) is 7.11 Å². The molecule has 2 aromatic carbocycles. The average Bonchev–Trinajstić information content (AvgIpc) is 2.39. The van der Waals surface area contributed by atoms with E-state index in [9.17, 15) is 9.18 Å². The zero-order chi connectivity index (χ0) is 14.0. The van der Waals surface area contributed by atoms with Crippen LogP contribution in [0, 0.1) is 12.7 Å². The van der Waals surface area contributed by atoms with E-state index in [0.717, 1.165) is 17.2 Å². The maximum absolute atomic E-state index is 13.4. The Hall–Kier alpha value is -2.36. The zero-order valence-corrected chi connectivity index (χ0v) is 10.6. The molecule has 0 amide bonds. The van der Waals surface area contributed by atoms with E-state index in [1.807, 2.05) is 19.1 Å². The van der Waals surface area contributed by atoms with Crippen LogP contribution in [0.5, 0.6) is 5.75 Å². The summed E-state index contributed by atoms with van der Waals surface area (Å²) in [4.78, 5) is 11.0. The van der Waals surface area contributed by atoms with Crippen molar-refractivity contribution in [2.45, 2.75) is 6.92 Å². The lowest BCUT2D eigenvalue weighted by Gasteiger charge is -2.10. The van der Waals surface area contributed by atoms with E-state index in [-0.39, 0.29) is 5.56 Å². The average molecular weight is 260 g/mol. The molecule has 0 bridgehead atoms. The minimum atomic E-state index is -1.29. The van der Waals surface area contributed by atoms with Crippen molar-refractivity contribution in [1.82, 2.24) is 0 Å². The standard InChI is InChI=1S/C15H13FO3/c1-9-3-6-14(19-2)11(7-9)10-4-5-13(16)12(8-10)15(17)18/h3-8H,1-2H3,(H,17,18). The zero-order valence-electron chi connectivity index (χ0n) is 10.6. The summed E-state index contributed by atoms with van der Waals surface area (Å²) in [5, 5.41) is 8.95. The maximum atomic E-state index is 13.4. The van der Waals surface area contributed by atoms with E-state index < -0.39 is 11.8 Å². The molecule has 0 radical (unpaired) electrons. The molecule has 0 aliphatic carbocycles. The lowest BCUT2D eigenvalue weighted by Crippen LogP contribution is -2.01. The van der Waals surface area contributed by atoms with Gasteiger partial charge in [0.15, 0.2) is 0 Å². The Morgan fingerprint density at radius 1 is 1.21 bits per heavy atom. The van der Waals surface area contributed by atoms with Gasteiger partial charge in [-0.15, -0.1) is 0 Å². The van der Waals surface area contributed by atoms with Crippen LogP contribution in [0.2, 0.25) is 0 Å². The molecule has 2 rings (SSSR count). The van der Waals surface area contributed by atoms with Crippen LogP contribution in [-0.2, 0) is 0 Å². The number of carbonyl (C=O) groups is 1. The summed E-state index contributed by atoms with van der Waals surface area (Å²) in [5.74, 6) is -1.41. The Labute approximate surface area is 110 Å². The SMILES string of the molecule is COc1ccc(C)cc1-c1ccc(F)c(C(=O)O)c1. The van der Waals surface area contributed by atoms with Crippen LogP contribution >= 0.6 is 0 Å². The molecule has 0 fully saturated rings. The van der Waals surface area contributed by atoms with Gasteiger partial charge in [-0.25, -0.2) is 9.18 Å². The molecule has 0 aliphatic heterocycles. The van der Waals surface area contributed by atoms with E-state index in [0.29, 0.717) is 11.3 Å². The second-order valence-corrected chi connectivity index (χ2v) is 4.20. The molecule has 0 unspecified atom stereocenters. The third-order valence-corrected chi connectivity index (χ3v) is 2.86. The van der Waals surface area contributed by atoms with Crippen LogP contribution in [0.1, 0.15) is 15.9 Å². The van der Waals surface area contributed by atoms with Crippen LogP contribution in [0.4, 0.5) is 4.39 Å². The molecule has 0 heterocycles. The van der Waals surface area contributed by atoms with Crippen molar-refractivity contribution < 1.29 is 19.0 Å². The number of halogens is 1. The fraction of sp³-hybridized carbons (Fsp3) is 0.133. The number of benzene rings is 2. The molecule has 4 heteroatoms. The second kappa shape index (κ2) is 5.10.